The van der Waals surface area contributed by atoms with E-state index in [1.54, 1.807) is 4.90 Å². The van der Waals surface area contributed by atoms with Crippen molar-refractivity contribution in [3.05, 3.63) is 29.3 Å². The smallest absolute Gasteiger partial charge is 0.285 e. The van der Waals surface area contributed by atoms with Gasteiger partial charge in [-0.2, -0.15) is 20.2 Å². The summed E-state index contributed by atoms with van der Waals surface area (Å²) >= 11 is 7.54. The topological polar surface area (TPSA) is 75.8 Å². The number of hydrogen-bond donors (Lipinski definition) is 1. The van der Waals surface area contributed by atoms with Gasteiger partial charge in [-0.3, -0.25) is 0 Å². The molecular weight excluding hydrogens is 306 g/mol. The zero-order chi connectivity index (χ0) is 13.9. The maximum atomic E-state index is 12.1. The van der Waals surface area contributed by atoms with Crippen molar-refractivity contribution in [2.24, 2.45) is 10.1 Å². The highest BCUT2D eigenvalue weighted by molar-refractivity contribution is 7.99. The monoisotopic (exact) mass is 319 g/mol. The molecule has 1 heterocycles. The minimum Gasteiger partial charge on any atom is -0.369 e. The summed E-state index contributed by atoms with van der Waals surface area (Å²) in [5.74, 6) is 1.91. The highest BCUT2D eigenvalue weighted by Crippen LogP contribution is 2.17. The Kier molecular flexibility index (Phi) is 4.59. The third kappa shape index (κ3) is 3.77. The van der Waals surface area contributed by atoms with Crippen LogP contribution in [0.25, 0.3) is 0 Å². The van der Waals surface area contributed by atoms with E-state index < -0.39 is 10.0 Å². The number of hydrogen-bond acceptors (Lipinski definition) is 3. The van der Waals surface area contributed by atoms with E-state index in [2.05, 4.69) is 4.40 Å². The Hall–Kier alpha value is -0.920. The number of guanidine groups is 1. The first-order valence-corrected chi connectivity index (χ1v) is 8.65. The van der Waals surface area contributed by atoms with Crippen LogP contribution in [-0.4, -0.2) is 43.9 Å². The maximum Gasteiger partial charge on any atom is 0.285 e. The van der Waals surface area contributed by atoms with E-state index in [0.29, 0.717) is 5.02 Å². The molecular formula is C11H14ClN3O2S2. The summed E-state index contributed by atoms with van der Waals surface area (Å²) in [5, 5.41) is 0.476. The summed E-state index contributed by atoms with van der Waals surface area (Å²) in [6.45, 7) is 1.44. The highest BCUT2D eigenvalue weighted by atomic mass is 35.5. The van der Waals surface area contributed by atoms with Gasteiger partial charge in [-0.25, -0.2) is 0 Å². The molecule has 1 aromatic rings. The van der Waals surface area contributed by atoms with Gasteiger partial charge in [0.15, 0.2) is 0 Å². The molecule has 0 aliphatic carbocycles. The van der Waals surface area contributed by atoms with Crippen molar-refractivity contribution >= 4 is 39.3 Å². The average Bonchev–Trinajstić information content (AvgIpc) is 2.40. The number of benzene rings is 1. The van der Waals surface area contributed by atoms with Crippen molar-refractivity contribution in [3.63, 3.8) is 0 Å². The van der Waals surface area contributed by atoms with Gasteiger partial charge in [-0.1, -0.05) is 11.6 Å². The summed E-state index contributed by atoms with van der Waals surface area (Å²) in [4.78, 5) is 1.87. The fraction of sp³-hybridized carbons (Fsp3) is 0.364. The maximum absolute atomic E-state index is 12.1. The van der Waals surface area contributed by atoms with E-state index in [-0.39, 0.29) is 10.9 Å². The molecule has 1 saturated heterocycles. The quantitative estimate of drug-likeness (QED) is 0.658. The molecule has 2 rings (SSSR count). The van der Waals surface area contributed by atoms with E-state index in [1.807, 2.05) is 11.8 Å². The zero-order valence-electron chi connectivity index (χ0n) is 10.1. The van der Waals surface area contributed by atoms with Gasteiger partial charge in [0, 0.05) is 29.6 Å². The summed E-state index contributed by atoms with van der Waals surface area (Å²) < 4.78 is 27.8. The number of nitrogens with zero attached hydrogens (tertiary/aromatic N) is 2. The summed E-state index contributed by atoms with van der Waals surface area (Å²) in [6, 6.07) is 5.86. The number of rotatable bonds is 2. The fourth-order valence-corrected chi connectivity index (χ4v) is 3.61. The fourth-order valence-electron chi connectivity index (χ4n) is 1.63. The Bertz CT molecular complexity index is 566. The van der Waals surface area contributed by atoms with Crippen molar-refractivity contribution in [2.45, 2.75) is 4.90 Å². The third-order valence-corrected chi connectivity index (χ3v) is 5.15. The molecule has 1 aromatic carbocycles. The molecule has 0 unspecified atom stereocenters. The van der Waals surface area contributed by atoms with Crippen molar-refractivity contribution in [1.29, 1.82) is 0 Å². The van der Waals surface area contributed by atoms with Gasteiger partial charge >= 0.3 is 0 Å². The van der Waals surface area contributed by atoms with Gasteiger partial charge < -0.3 is 10.6 Å². The van der Waals surface area contributed by atoms with Crippen LogP contribution in [0.3, 0.4) is 0 Å². The molecule has 19 heavy (non-hydrogen) atoms. The number of halogens is 1. The van der Waals surface area contributed by atoms with Crippen LogP contribution in [0, 0.1) is 0 Å². The van der Waals surface area contributed by atoms with Crippen LogP contribution in [0.5, 0.6) is 0 Å². The molecule has 0 bridgehead atoms. The van der Waals surface area contributed by atoms with E-state index >= 15 is 0 Å². The van der Waals surface area contributed by atoms with Crippen LogP contribution >= 0.6 is 23.4 Å². The van der Waals surface area contributed by atoms with Crippen molar-refractivity contribution in [3.8, 4) is 0 Å². The Morgan fingerprint density at radius 2 is 1.84 bits per heavy atom. The molecule has 0 aromatic heterocycles. The molecule has 0 amide bonds. The van der Waals surface area contributed by atoms with Gasteiger partial charge in [0.25, 0.3) is 10.0 Å². The van der Waals surface area contributed by atoms with Crippen molar-refractivity contribution in [1.82, 2.24) is 4.90 Å². The molecule has 2 N–H and O–H groups in total. The lowest BCUT2D eigenvalue weighted by molar-refractivity contribution is 0.458. The van der Waals surface area contributed by atoms with Crippen LogP contribution < -0.4 is 5.73 Å². The Morgan fingerprint density at radius 1 is 1.26 bits per heavy atom. The number of thioether (sulfide) groups is 1. The molecule has 1 aliphatic heterocycles. The Morgan fingerprint density at radius 3 is 2.42 bits per heavy atom. The number of sulfonamides is 1. The van der Waals surface area contributed by atoms with Gasteiger partial charge in [-0.05, 0) is 24.3 Å². The first-order valence-electron chi connectivity index (χ1n) is 5.68. The zero-order valence-corrected chi connectivity index (χ0v) is 12.5. The molecule has 0 atom stereocenters. The summed E-state index contributed by atoms with van der Waals surface area (Å²) in [7, 11) is -3.77. The van der Waals surface area contributed by atoms with E-state index in [9.17, 15) is 8.42 Å². The lowest BCUT2D eigenvalue weighted by Crippen LogP contribution is -2.43. The SMILES string of the molecule is N/C(=N\S(=O)(=O)c1ccc(Cl)cc1)N1CCSCC1. The van der Waals surface area contributed by atoms with Crippen LogP contribution in [-0.2, 0) is 10.0 Å². The second-order valence-electron chi connectivity index (χ2n) is 3.98. The normalized spacial score (nSPS) is 17.5. The van der Waals surface area contributed by atoms with Crippen molar-refractivity contribution < 1.29 is 8.42 Å². The van der Waals surface area contributed by atoms with Crippen LogP contribution in [0.15, 0.2) is 33.6 Å². The lowest BCUT2D eigenvalue weighted by atomic mass is 10.4. The summed E-state index contributed by atoms with van der Waals surface area (Å²) in [6.07, 6.45) is 0. The predicted molar refractivity (Wildman–Crippen MR) is 79.2 cm³/mol. The van der Waals surface area contributed by atoms with Crippen LogP contribution in [0.1, 0.15) is 0 Å². The largest absolute Gasteiger partial charge is 0.369 e. The molecule has 1 fully saturated rings. The van der Waals surface area contributed by atoms with Crippen molar-refractivity contribution in [2.75, 3.05) is 24.6 Å². The van der Waals surface area contributed by atoms with E-state index in [4.69, 9.17) is 17.3 Å². The molecule has 1 aliphatic rings. The summed E-state index contributed by atoms with van der Waals surface area (Å²) in [5.41, 5.74) is 5.76. The molecule has 0 spiro atoms. The first kappa shape index (κ1) is 14.5. The molecule has 8 heteroatoms. The van der Waals surface area contributed by atoms with Gasteiger partial charge in [-0.15, -0.1) is 4.40 Å². The third-order valence-electron chi connectivity index (χ3n) is 2.66. The standard InChI is InChI=1S/C11H14ClN3O2S2/c12-9-1-3-10(4-2-9)19(16,17)14-11(13)15-5-7-18-8-6-15/h1-4H,5-8H2,(H2,13,14). The lowest BCUT2D eigenvalue weighted by Gasteiger charge is -2.26. The number of nitrogens with two attached hydrogens (primary N) is 1. The Labute approximate surface area is 121 Å². The minimum absolute atomic E-state index is 0.0512. The molecule has 104 valence electrons. The predicted octanol–water partition coefficient (Wildman–Crippen LogP) is 1.39. The molecule has 0 radical (unpaired) electrons. The van der Waals surface area contributed by atoms with Gasteiger partial charge in [0.05, 0.1) is 4.90 Å². The highest BCUT2D eigenvalue weighted by Gasteiger charge is 2.18. The second kappa shape index (κ2) is 6.02. The average molecular weight is 320 g/mol. The Balaban J connectivity index is 2.22. The van der Waals surface area contributed by atoms with Crippen LogP contribution in [0.4, 0.5) is 0 Å². The molecule has 5 nitrogen and oxygen atoms in total. The van der Waals surface area contributed by atoms with Gasteiger partial charge in [0.1, 0.15) is 0 Å². The second-order valence-corrected chi connectivity index (χ2v) is 7.24. The van der Waals surface area contributed by atoms with E-state index in [0.717, 1.165) is 24.6 Å². The molecule has 0 saturated carbocycles. The van der Waals surface area contributed by atoms with E-state index in [1.165, 1.54) is 24.3 Å². The first-order chi connectivity index (χ1) is 8.99. The minimum atomic E-state index is -3.77. The van der Waals surface area contributed by atoms with Crippen LogP contribution in [0.2, 0.25) is 5.02 Å². The van der Waals surface area contributed by atoms with Gasteiger partial charge in [0.2, 0.25) is 5.96 Å².